The van der Waals surface area contributed by atoms with Gasteiger partial charge in [0.15, 0.2) is 17.5 Å². The summed E-state index contributed by atoms with van der Waals surface area (Å²) in [6.07, 6.45) is 0. The highest BCUT2D eigenvalue weighted by atomic mass is 16.3. The van der Waals surface area contributed by atoms with E-state index in [1.165, 1.54) is 22.3 Å². The maximum Gasteiger partial charge on any atom is 0.164 e. The smallest absolute Gasteiger partial charge is 0.164 e. The molecule has 0 radical (unpaired) electrons. The molecule has 0 N–H and O–H groups in total. The van der Waals surface area contributed by atoms with E-state index in [9.17, 15) is 0 Å². The van der Waals surface area contributed by atoms with Crippen molar-refractivity contribution in [1.82, 2.24) is 15.0 Å². The normalized spacial score (nSPS) is 11.4. The minimum absolute atomic E-state index is 0.576. The number of hydrogen-bond acceptors (Lipinski definition) is 4. The molecule has 12 rings (SSSR count). The van der Waals surface area contributed by atoms with Gasteiger partial charge in [0.1, 0.15) is 11.2 Å². The number of hydrogen-bond donors (Lipinski definition) is 0. The second-order valence-electron chi connectivity index (χ2n) is 16.3. The molecule has 0 aliphatic rings. The van der Waals surface area contributed by atoms with Crippen LogP contribution in [-0.4, -0.2) is 15.0 Å². The van der Waals surface area contributed by atoms with Crippen LogP contribution in [0.3, 0.4) is 0 Å². The minimum Gasteiger partial charge on any atom is -0.455 e. The maximum atomic E-state index is 6.78. The van der Waals surface area contributed by atoms with Gasteiger partial charge in [0.2, 0.25) is 0 Å². The standard InChI is InChI=1S/C61H39N3O/c1-4-15-40(16-5-1)42-29-33-45(34-30-42)50-25-13-26-54-57-55(27-14-28-56(57)65-58(50)54)61-63-59(46-35-31-43(32-36-46)48-22-12-21-47(39-48)41-17-6-2-7-18-41)62-60(64-61)53-38-37-49(44-19-8-3-9-20-44)51-23-10-11-24-52(51)53/h1-39H. The first-order valence-corrected chi connectivity index (χ1v) is 21.9. The third kappa shape index (κ3) is 7.04. The first kappa shape index (κ1) is 38.0. The van der Waals surface area contributed by atoms with E-state index < -0.39 is 0 Å². The molecule has 2 heterocycles. The van der Waals surface area contributed by atoms with E-state index >= 15 is 0 Å². The summed E-state index contributed by atoms with van der Waals surface area (Å²) in [6, 6.07) is 82.8. The van der Waals surface area contributed by atoms with E-state index in [4.69, 9.17) is 19.4 Å². The van der Waals surface area contributed by atoms with Crippen molar-refractivity contribution < 1.29 is 4.42 Å². The van der Waals surface area contributed by atoms with E-state index in [1.807, 2.05) is 24.3 Å². The van der Waals surface area contributed by atoms with Crippen molar-refractivity contribution in [2.75, 3.05) is 0 Å². The molecule has 12 aromatic rings. The number of para-hydroxylation sites is 1. The van der Waals surface area contributed by atoms with Crippen molar-refractivity contribution in [1.29, 1.82) is 0 Å². The molecule has 0 unspecified atom stereocenters. The van der Waals surface area contributed by atoms with Crippen LogP contribution in [0.15, 0.2) is 241 Å². The van der Waals surface area contributed by atoms with Crippen LogP contribution < -0.4 is 0 Å². The third-order valence-electron chi connectivity index (χ3n) is 12.4. The van der Waals surface area contributed by atoms with Crippen LogP contribution >= 0.6 is 0 Å². The summed E-state index contributed by atoms with van der Waals surface area (Å²) in [6.45, 7) is 0. The molecule has 2 aromatic heterocycles. The highest BCUT2D eigenvalue weighted by molar-refractivity contribution is 6.15. The Morgan fingerprint density at radius 3 is 1.34 bits per heavy atom. The summed E-state index contributed by atoms with van der Waals surface area (Å²) >= 11 is 0. The van der Waals surface area contributed by atoms with Crippen LogP contribution in [0.2, 0.25) is 0 Å². The Morgan fingerprint density at radius 2 is 0.662 bits per heavy atom. The van der Waals surface area contributed by atoms with Crippen LogP contribution in [0.4, 0.5) is 0 Å². The SMILES string of the molecule is c1ccc(-c2ccc(-c3cccc4c3oc3cccc(-c5nc(-c6ccc(-c7cccc(-c8ccccc8)c7)cc6)nc(-c6ccc(-c7ccccc7)c7ccccc67)n5)c34)cc2)cc1. The van der Waals surface area contributed by atoms with Gasteiger partial charge in [-0.3, -0.25) is 0 Å². The largest absolute Gasteiger partial charge is 0.455 e. The Labute approximate surface area is 376 Å². The van der Waals surface area contributed by atoms with Gasteiger partial charge >= 0.3 is 0 Å². The van der Waals surface area contributed by atoms with Crippen LogP contribution in [0.25, 0.3) is 123 Å². The van der Waals surface area contributed by atoms with Crippen molar-refractivity contribution in [2.24, 2.45) is 0 Å². The molecule has 4 heteroatoms. The van der Waals surface area contributed by atoms with Crippen molar-refractivity contribution in [2.45, 2.75) is 0 Å². The quantitative estimate of drug-likeness (QED) is 0.153. The minimum atomic E-state index is 0.576. The topological polar surface area (TPSA) is 51.8 Å². The zero-order chi connectivity index (χ0) is 43.1. The average Bonchev–Trinajstić information content (AvgIpc) is 3.79. The molecular weight excluding hydrogens is 791 g/mol. The maximum absolute atomic E-state index is 6.78. The van der Waals surface area contributed by atoms with Gasteiger partial charge in [-0.25, -0.2) is 15.0 Å². The van der Waals surface area contributed by atoms with E-state index in [-0.39, 0.29) is 0 Å². The lowest BCUT2D eigenvalue weighted by molar-refractivity contribution is 0.670. The van der Waals surface area contributed by atoms with Crippen LogP contribution in [0, 0.1) is 0 Å². The van der Waals surface area contributed by atoms with Gasteiger partial charge in [0, 0.05) is 33.0 Å². The molecule has 0 fully saturated rings. The molecule has 0 aliphatic heterocycles. The fraction of sp³-hybridized carbons (Fsp3) is 0. The van der Waals surface area contributed by atoms with E-state index in [1.54, 1.807) is 0 Å². The zero-order valence-corrected chi connectivity index (χ0v) is 35.3. The fourth-order valence-electron chi connectivity index (χ4n) is 9.16. The van der Waals surface area contributed by atoms with Gasteiger partial charge in [-0.05, 0) is 79.0 Å². The molecule has 10 aromatic carbocycles. The Balaban J connectivity index is 1.01. The van der Waals surface area contributed by atoms with Crippen LogP contribution in [-0.2, 0) is 0 Å². The van der Waals surface area contributed by atoms with E-state index in [0.717, 1.165) is 82.8 Å². The Hall–Kier alpha value is -8.73. The van der Waals surface area contributed by atoms with Crippen LogP contribution in [0.5, 0.6) is 0 Å². The van der Waals surface area contributed by atoms with E-state index in [2.05, 4.69) is 212 Å². The molecule has 304 valence electrons. The molecule has 0 bridgehead atoms. The lowest BCUT2D eigenvalue weighted by Crippen LogP contribution is -2.01. The third-order valence-corrected chi connectivity index (χ3v) is 12.4. The number of furan rings is 1. The Morgan fingerprint density at radius 1 is 0.246 bits per heavy atom. The number of nitrogens with zero attached hydrogens (tertiary/aromatic N) is 3. The van der Waals surface area contributed by atoms with Gasteiger partial charge in [0.25, 0.3) is 0 Å². The number of benzene rings is 10. The predicted molar refractivity (Wildman–Crippen MR) is 268 cm³/mol. The summed E-state index contributed by atoms with van der Waals surface area (Å²) in [5.74, 6) is 1.77. The molecular formula is C61H39N3O. The average molecular weight is 830 g/mol. The summed E-state index contributed by atoms with van der Waals surface area (Å²) in [7, 11) is 0. The second kappa shape index (κ2) is 16.2. The summed E-state index contributed by atoms with van der Waals surface area (Å²) < 4.78 is 6.78. The number of rotatable bonds is 8. The van der Waals surface area contributed by atoms with Crippen molar-refractivity contribution >= 4 is 32.7 Å². The highest BCUT2D eigenvalue weighted by Gasteiger charge is 2.21. The van der Waals surface area contributed by atoms with E-state index in [0.29, 0.717) is 17.5 Å². The summed E-state index contributed by atoms with van der Waals surface area (Å²) in [5.41, 5.74) is 15.7. The lowest BCUT2D eigenvalue weighted by Gasteiger charge is -2.13. The Bertz CT molecular complexity index is 3670. The first-order valence-electron chi connectivity index (χ1n) is 21.9. The molecule has 0 saturated heterocycles. The van der Waals surface area contributed by atoms with Gasteiger partial charge in [-0.15, -0.1) is 0 Å². The lowest BCUT2D eigenvalue weighted by atomic mass is 9.94. The molecule has 0 atom stereocenters. The van der Waals surface area contributed by atoms with Crippen LogP contribution in [0.1, 0.15) is 0 Å². The summed E-state index contributed by atoms with van der Waals surface area (Å²) in [5, 5.41) is 4.17. The first-order chi connectivity index (χ1) is 32.2. The summed E-state index contributed by atoms with van der Waals surface area (Å²) in [4.78, 5) is 15.9. The second-order valence-corrected chi connectivity index (χ2v) is 16.3. The van der Waals surface area contributed by atoms with Crippen molar-refractivity contribution in [3.05, 3.63) is 237 Å². The molecule has 0 aliphatic carbocycles. The fourth-order valence-corrected chi connectivity index (χ4v) is 9.16. The van der Waals surface area contributed by atoms with Gasteiger partial charge < -0.3 is 4.42 Å². The van der Waals surface area contributed by atoms with Gasteiger partial charge in [-0.2, -0.15) is 0 Å². The van der Waals surface area contributed by atoms with Crippen molar-refractivity contribution in [3.8, 4) is 89.8 Å². The van der Waals surface area contributed by atoms with Gasteiger partial charge in [-0.1, -0.05) is 218 Å². The van der Waals surface area contributed by atoms with Gasteiger partial charge in [0.05, 0.1) is 0 Å². The molecule has 4 nitrogen and oxygen atoms in total. The zero-order valence-electron chi connectivity index (χ0n) is 35.3. The Kier molecular flexibility index (Phi) is 9.46. The molecule has 65 heavy (non-hydrogen) atoms. The molecule has 0 saturated carbocycles. The monoisotopic (exact) mass is 829 g/mol. The molecule has 0 spiro atoms. The highest BCUT2D eigenvalue weighted by Crippen LogP contribution is 2.42. The number of aromatic nitrogens is 3. The van der Waals surface area contributed by atoms with Crippen molar-refractivity contribution in [3.63, 3.8) is 0 Å². The predicted octanol–water partition coefficient (Wildman–Crippen LogP) is 16.3. The number of fused-ring (bicyclic) bond motifs is 4. The molecule has 0 amide bonds.